The van der Waals surface area contributed by atoms with Gasteiger partial charge in [-0.05, 0) is 18.9 Å². The van der Waals surface area contributed by atoms with Gasteiger partial charge in [0.05, 0.1) is 12.0 Å². The van der Waals surface area contributed by atoms with Gasteiger partial charge in [-0.1, -0.05) is 18.2 Å². The zero-order valence-electron chi connectivity index (χ0n) is 10.7. The highest BCUT2D eigenvalue weighted by Crippen LogP contribution is 2.23. The minimum Gasteiger partial charge on any atom is -0.508 e. The van der Waals surface area contributed by atoms with Crippen LogP contribution in [0, 0.1) is 0 Å². The van der Waals surface area contributed by atoms with Crippen LogP contribution in [0.25, 0.3) is 0 Å². The highest BCUT2D eigenvalue weighted by atomic mass is 35.5. The Hall–Kier alpha value is -1.26. The predicted octanol–water partition coefficient (Wildman–Crippen LogP) is 1.84. The second-order valence-corrected chi connectivity index (χ2v) is 5.15. The number of benzene rings is 1. The molecule has 1 fully saturated rings. The number of amides is 1. The van der Waals surface area contributed by atoms with Crippen LogP contribution in [0.1, 0.15) is 18.4 Å². The number of phenols is 1. The van der Waals surface area contributed by atoms with Crippen molar-refractivity contribution in [1.82, 2.24) is 5.32 Å². The number of halogens is 1. The molecule has 104 valence electrons. The number of para-hydroxylation sites is 1. The van der Waals surface area contributed by atoms with Gasteiger partial charge < -0.3 is 15.2 Å². The van der Waals surface area contributed by atoms with E-state index in [2.05, 4.69) is 5.32 Å². The molecule has 5 heteroatoms. The quantitative estimate of drug-likeness (QED) is 0.829. The molecule has 0 saturated carbocycles. The van der Waals surface area contributed by atoms with Crippen LogP contribution in [-0.4, -0.2) is 35.6 Å². The van der Waals surface area contributed by atoms with Gasteiger partial charge in [0.15, 0.2) is 0 Å². The lowest BCUT2D eigenvalue weighted by atomic mass is 9.92. The predicted molar refractivity (Wildman–Crippen MR) is 73.5 cm³/mol. The minimum atomic E-state index is -0.374. The Balaban J connectivity index is 1.98. The lowest BCUT2D eigenvalue weighted by Gasteiger charge is -2.36. The summed E-state index contributed by atoms with van der Waals surface area (Å²) in [6.45, 7) is 1.23. The zero-order chi connectivity index (χ0) is 13.7. The van der Waals surface area contributed by atoms with Crippen LogP contribution >= 0.6 is 11.6 Å². The molecule has 1 aromatic rings. The van der Waals surface area contributed by atoms with Crippen molar-refractivity contribution >= 4 is 17.5 Å². The Morgan fingerprint density at radius 1 is 1.37 bits per heavy atom. The highest BCUT2D eigenvalue weighted by molar-refractivity contribution is 6.18. The van der Waals surface area contributed by atoms with Crippen LogP contribution in [0.4, 0.5) is 0 Å². The Labute approximate surface area is 117 Å². The molecule has 1 aliphatic rings. The smallest absolute Gasteiger partial charge is 0.225 e. The lowest BCUT2D eigenvalue weighted by molar-refractivity contribution is -0.123. The molecule has 0 atom stereocenters. The SMILES string of the molecule is O=C(Cc1ccccc1O)NC1(CCl)CCOCC1. The van der Waals surface area contributed by atoms with Gasteiger partial charge >= 0.3 is 0 Å². The minimum absolute atomic E-state index is 0.121. The second kappa shape index (κ2) is 6.26. The fourth-order valence-corrected chi connectivity index (χ4v) is 2.56. The Morgan fingerprint density at radius 2 is 2.05 bits per heavy atom. The number of carbonyl (C=O) groups is 1. The Morgan fingerprint density at radius 3 is 2.68 bits per heavy atom. The van der Waals surface area contributed by atoms with E-state index in [-0.39, 0.29) is 23.6 Å². The molecule has 0 aliphatic carbocycles. The van der Waals surface area contributed by atoms with Gasteiger partial charge in [0.1, 0.15) is 5.75 Å². The van der Waals surface area contributed by atoms with E-state index in [9.17, 15) is 9.90 Å². The van der Waals surface area contributed by atoms with Crippen molar-refractivity contribution in [2.24, 2.45) is 0 Å². The van der Waals surface area contributed by atoms with E-state index in [4.69, 9.17) is 16.3 Å². The van der Waals surface area contributed by atoms with E-state index in [0.29, 0.717) is 24.7 Å². The summed E-state index contributed by atoms with van der Waals surface area (Å²) in [5.74, 6) is 0.400. The molecule has 2 rings (SSSR count). The number of alkyl halides is 1. The summed E-state index contributed by atoms with van der Waals surface area (Å²) >= 11 is 6.00. The summed E-state index contributed by atoms with van der Waals surface area (Å²) in [6, 6.07) is 6.85. The van der Waals surface area contributed by atoms with Crippen molar-refractivity contribution in [2.45, 2.75) is 24.8 Å². The van der Waals surface area contributed by atoms with Crippen molar-refractivity contribution < 1.29 is 14.6 Å². The number of phenolic OH excluding ortho intramolecular Hbond substituents is 1. The maximum atomic E-state index is 12.1. The Bertz CT molecular complexity index is 444. The van der Waals surface area contributed by atoms with Crippen LogP contribution < -0.4 is 5.32 Å². The molecule has 1 aromatic carbocycles. The van der Waals surface area contributed by atoms with Crippen molar-refractivity contribution in [3.8, 4) is 5.75 Å². The number of hydrogen-bond donors (Lipinski definition) is 2. The summed E-state index contributed by atoms with van der Waals surface area (Å²) in [4.78, 5) is 12.1. The fourth-order valence-electron chi connectivity index (χ4n) is 2.23. The topological polar surface area (TPSA) is 58.6 Å². The molecule has 1 saturated heterocycles. The van der Waals surface area contributed by atoms with Crippen molar-refractivity contribution in [3.63, 3.8) is 0 Å². The first-order chi connectivity index (χ1) is 9.15. The normalized spacial score (nSPS) is 17.9. The molecule has 2 N–H and O–H groups in total. The van der Waals surface area contributed by atoms with Crippen molar-refractivity contribution in [1.29, 1.82) is 0 Å². The molecule has 0 bridgehead atoms. The van der Waals surface area contributed by atoms with E-state index >= 15 is 0 Å². The number of rotatable bonds is 4. The van der Waals surface area contributed by atoms with E-state index in [0.717, 1.165) is 12.8 Å². The summed E-state index contributed by atoms with van der Waals surface area (Å²) in [5.41, 5.74) is 0.248. The summed E-state index contributed by atoms with van der Waals surface area (Å²) in [7, 11) is 0. The van der Waals surface area contributed by atoms with Crippen LogP contribution in [0.3, 0.4) is 0 Å². The highest BCUT2D eigenvalue weighted by Gasteiger charge is 2.33. The Kier molecular flexibility index (Phi) is 4.66. The van der Waals surface area contributed by atoms with Crippen molar-refractivity contribution in [2.75, 3.05) is 19.1 Å². The number of carbonyl (C=O) groups excluding carboxylic acids is 1. The standard InChI is InChI=1S/C14H18ClNO3/c15-10-14(5-7-19-8-6-14)16-13(18)9-11-3-1-2-4-12(11)17/h1-4,17H,5-10H2,(H,16,18). The molecule has 19 heavy (non-hydrogen) atoms. The van der Waals surface area contributed by atoms with Crippen LogP contribution in [0.5, 0.6) is 5.75 Å². The third kappa shape index (κ3) is 3.61. The molecule has 1 amide bonds. The van der Waals surface area contributed by atoms with E-state index < -0.39 is 0 Å². The van der Waals surface area contributed by atoms with E-state index in [1.165, 1.54) is 0 Å². The van der Waals surface area contributed by atoms with Gasteiger partial charge in [-0.15, -0.1) is 11.6 Å². The van der Waals surface area contributed by atoms with Gasteiger partial charge in [0, 0.05) is 24.7 Å². The first kappa shape index (κ1) is 14.2. The maximum absolute atomic E-state index is 12.1. The molecule has 0 spiro atoms. The maximum Gasteiger partial charge on any atom is 0.225 e. The average Bonchev–Trinajstić information content (AvgIpc) is 2.42. The van der Waals surface area contributed by atoms with Crippen LogP contribution in [-0.2, 0) is 16.0 Å². The van der Waals surface area contributed by atoms with Gasteiger partial charge in [-0.25, -0.2) is 0 Å². The van der Waals surface area contributed by atoms with E-state index in [1.54, 1.807) is 24.3 Å². The van der Waals surface area contributed by atoms with Gasteiger partial charge in [0.2, 0.25) is 5.91 Å². The second-order valence-electron chi connectivity index (χ2n) is 4.88. The third-order valence-corrected chi connectivity index (χ3v) is 3.96. The fraction of sp³-hybridized carbons (Fsp3) is 0.500. The molecule has 0 aromatic heterocycles. The third-order valence-electron chi connectivity index (χ3n) is 3.45. The van der Waals surface area contributed by atoms with Gasteiger partial charge in [-0.2, -0.15) is 0 Å². The van der Waals surface area contributed by atoms with Gasteiger partial charge in [-0.3, -0.25) is 4.79 Å². The summed E-state index contributed by atoms with van der Waals surface area (Å²) in [5, 5.41) is 12.7. The van der Waals surface area contributed by atoms with Crippen molar-refractivity contribution in [3.05, 3.63) is 29.8 Å². The largest absolute Gasteiger partial charge is 0.508 e. The molecule has 4 nitrogen and oxygen atoms in total. The van der Waals surface area contributed by atoms with Crippen LogP contribution in [0.2, 0.25) is 0 Å². The van der Waals surface area contributed by atoms with Crippen LogP contribution in [0.15, 0.2) is 24.3 Å². The summed E-state index contributed by atoms with van der Waals surface area (Å²) in [6.07, 6.45) is 1.61. The molecular weight excluding hydrogens is 266 g/mol. The number of nitrogens with one attached hydrogen (secondary N) is 1. The lowest BCUT2D eigenvalue weighted by Crippen LogP contribution is -2.53. The molecule has 1 aliphatic heterocycles. The molecule has 0 radical (unpaired) electrons. The number of ether oxygens (including phenoxy) is 1. The molecular formula is C14H18ClNO3. The zero-order valence-corrected chi connectivity index (χ0v) is 11.4. The molecule has 1 heterocycles. The number of hydrogen-bond acceptors (Lipinski definition) is 3. The molecule has 0 unspecified atom stereocenters. The number of aromatic hydroxyl groups is 1. The first-order valence-electron chi connectivity index (χ1n) is 6.37. The summed E-state index contributed by atoms with van der Waals surface area (Å²) < 4.78 is 5.30. The first-order valence-corrected chi connectivity index (χ1v) is 6.90. The van der Waals surface area contributed by atoms with E-state index in [1.807, 2.05) is 0 Å². The monoisotopic (exact) mass is 283 g/mol. The van der Waals surface area contributed by atoms with Gasteiger partial charge in [0.25, 0.3) is 0 Å². The average molecular weight is 284 g/mol.